The minimum Gasteiger partial charge on any atom is -0.355 e. The second kappa shape index (κ2) is 11.0. The monoisotopic (exact) mass is 560 g/mol. The zero-order valence-corrected chi connectivity index (χ0v) is 20.3. The Bertz CT molecular complexity index is 729. The molecular weight excluding hydrogens is 532 g/mol. The second-order valence-corrected chi connectivity index (χ2v) is 7.87. The first-order chi connectivity index (χ1) is 13.8. The number of rotatable bonds is 7. The number of aromatic nitrogens is 1. The lowest BCUT2D eigenvalue weighted by Gasteiger charge is -2.22. The minimum atomic E-state index is -4.45. The van der Waals surface area contributed by atoms with Gasteiger partial charge in [0.05, 0.1) is 10.6 Å². The standard InChI is InChI=1S/C19H28ClF3N6.HI/c1-3-28(15-4-5-15)9-7-25-18(24-2)27-14-6-8-29(12-14)17-16(20)10-13(11-26-17)19(21,22)23;/h10-11,14-15H,3-9,12H2,1-2H3,(H2,24,25,27);1H. The van der Waals surface area contributed by atoms with E-state index < -0.39 is 11.7 Å². The predicted molar refractivity (Wildman–Crippen MR) is 125 cm³/mol. The smallest absolute Gasteiger partial charge is 0.355 e. The molecule has 0 aromatic carbocycles. The first-order valence-electron chi connectivity index (χ1n) is 10.0. The molecule has 2 heterocycles. The van der Waals surface area contributed by atoms with E-state index in [1.165, 1.54) is 12.8 Å². The van der Waals surface area contributed by atoms with Crippen molar-refractivity contribution in [3.63, 3.8) is 0 Å². The van der Waals surface area contributed by atoms with Crippen LogP contribution in [0.2, 0.25) is 5.02 Å². The van der Waals surface area contributed by atoms with Crippen LogP contribution in [0.4, 0.5) is 19.0 Å². The van der Waals surface area contributed by atoms with E-state index in [0.717, 1.165) is 50.3 Å². The highest BCUT2D eigenvalue weighted by Crippen LogP contribution is 2.34. The van der Waals surface area contributed by atoms with Gasteiger partial charge in [-0.05, 0) is 31.9 Å². The van der Waals surface area contributed by atoms with E-state index in [2.05, 4.69) is 32.4 Å². The van der Waals surface area contributed by atoms with Gasteiger partial charge in [-0.15, -0.1) is 24.0 Å². The molecule has 1 aliphatic heterocycles. The summed E-state index contributed by atoms with van der Waals surface area (Å²) in [5, 5.41) is 6.75. The largest absolute Gasteiger partial charge is 0.417 e. The Balaban J connectivity index is 0.00000320. The molecule has 1 aromatic heterocycles. The van der Waals surface area contributed by atoms with E-state index in [0.29, 0.717) is 18.9 Å². The molecule has 2 aliphatic rings. The van der Waals surface area contributed by atoms with Gasteiger partial charge in [0, 0.05) is 51.5 Å². The highest BCUT2D eigenvalue weighted by atomic mass is 127. The zero-order valence-electron chi connectivity index (χ0n) is 17.2. The quantitative estimate of drug-likeness (QED) is 0.303. The van der Waals surface area contributed by atoms with Crippen molar-refractivity contribution in [2.75, 3.05) is 44.7 Å². The maximum atomic E-state index is 12.8. The molecule has 11 heteroatoms. The topological polar surface area (TPSA) is 55.8 Å². The second-order valence-electron chi connectivity index (χ2n) is 7.46. The van der Waals surface area contributed by atoms with Crippen LogP contribution in [0.5, 0.6) is 0 Å². The Morgan fingerprint density at radius 2 is 2.10 bits per heavy atom. The van der Waals surface area contributed by atoms with Crippen LogP contribution < -0.4 is 15.5 Å². The molecule has 3 rings (SSSR count). The predicted octanol–water partition coefficient (Wildman–Crippen LogP) is 3.60. The van der Waals surface area contributed by atoms with Gasteiger partial charge in [0.2, 0.25) is 0 Å². The molecule has 2 N–H and O–H groups in total. The van der Waals surface area contributed by atoms with Gasteiger partial charge in [0.15, 0.2) is 5.96 Å². The molecule has 1 aromatic rings. The van der Waals surface area contributed by atoms with Gasteiger partial charge in [-0.1, -0.05) is 18.5 Å². The first-order valence-corrected chi connectivity index (χ1v) is 10.4. The number of nitrogens with zero attached hydrogens (tertiary/aromatic N) is 4. The van der Waals surface area contributed by atoms with E-state index in [1.54, 1.807) is 7.05 Å². The Morgan fingerprint density at radius 3 is 2.67 bits per heavy atom. The van der Waals surface area contributed by atoms with E-state index >= 15 is 0 Å². The van der Waals surface area contributed by atoms with Crippen molar-refractivity contribution in [1.82, 2.24) is 20.5 Å². The fourth-order valence-corrected chi connectivity index (χ4v) is 3.92. The molecule has 1 aliphatic carbocycles. The summed E-state index contributed by atoms with van der Waals surface area (Å²) < 4.78 is 38.4. The molecule has 1 unspecified atom stereocenters. The fraction of sp³-hybridized carbons (Fsp3) is 0.684. The van der Waals surface area contributed by atoms with Crippen molar-refractivity contribution < 1.29 is 13.2 Å². The summed E-state index contributed by atoms with van der Waals surface area (Å²) in [6, 6.07) is 1.79. The number of hydrogen-bond acceptors (Lipinski definition) is 4. The number of pyridine rings is 1. The van der Waals surface area contributed by atoms with Crippen LogP contribution in [-0.4, -0.2) is 67.7 Å². The number of likely N-dealkylation sites (N-methyl/N-ethyl adjacent to an activating group) is 1. The lowest BCUT2D eigenvalue weighted by molar-refractivity contribution is -0.137. The number of nitrogens with one attached hydrogen (secondary N) is 2. The third-order valence-electron chi connectivity index (χ3n) is 5.36. The summed E-state index contributed by atoms with van der Waals surface area (Å²) in [5.41, 5.74) is -0.836. The van der Waals surface area contributed by atoms with E-state index in [9.17, 15) is 13.2 Å². The van der Waals surface area contributed by atoms with Gasteiger partial charge in [0.25, 0.3) is 0 Å². The maximum absolute atomic E-state index is 12.8. The normalized spacial score (nSPS) is 19.8. The van der Waals surface area contributed by atoms with Crippen molar-refractivity contribution in [3.05, 3.63) is 22.8 Å². The number of guanidine groups is 1. The molecule has 0 bridgehead atoms. The van der Waals surface area contributed by atoms with Crippen molar-refractivity contribution in [2.45, 2.75) is 44.4 Å². The lowest BCUT2D eigenvalue weighted by Crippen LogP contribution is -2.46. The van der Waals surface area contributed by atoms with Crippen molar-refractivity contribution in [2.24, 2.45) is 4.99 Å². The summed E-state index contributed by atoms with van der Waals surface area (Å²) in [5.74, 6) is 1.12. The third-order valence-corrected chi connectivity index (χ3v) is 5.64. The minimum absolute atomic E-state index is 0. The van der Waals surface area contributed by atoms with Crippen molar-refractivity contribution in [3.8, 4) is 0 Å². The molecule has 2 fully saturated rings. The summed E-state index contributed by atoms with van der Waals surface area (Å²) in [4.78, 5) is 12.6. The van der Waals surface area contributed by atoms with Crippen molar-refractivity contribution >= 4 is 47.4 Å². The molecule has 1 atom stereocenters. The SMILES string of the molecule is CCN(CCNC(=NC)NC1CCN(c2ncc(C(F)(F)F)cc2Cl)C1)C1CC1.I. The molecule has 1 saturated heterocycles. The Morgan fingerprint density at radius 1 is 1.37 bits per heavy atom. The Hall–Kier alpha value is -1.01. The Kier molecular flexibility index (Phi) is 9.29. The molecule has 0 spiro atoms. The lowest BCUT2D eigenvalue weighted by atomic mass is 10.2. The van der Waals surface area contributed by atoms with Crippen molar-refractivity contribution in [1.29, 1.82) is 0 Å². The van der Waals surface area contributed by atoms with Gasteiger partial charge in [-0.25, -0.2) is 4.98 Å². The highest BCUT2D eigenvalue weighted by molar-refractivity contribution is 14.0. The van der Waals surface area contributed by atoms with Crippen LogP contribution in [0.25, 0.3) is 0 Å². The molecule has 0 amide bonds. The van der Waals surface area contributed by atoms with Gasteiger partial charge >= 0.3 is 6.18 Å². The number of aliphatic imine (C=N–C) groups is 1. The first kappa shape index (κ1) is 25.3. The maximum Gasteiger partial charge on any atom is 0.417 e. The molecule has 6 nitrogen and oxygen atoms in total. The Labute approximate surface area is 197 Å². The fourth-order valence-electron chi connectivity index (χ4n) is 3.63. The summed E-state index contributed by atoms with van der Waals surface area (Å²) in [6.45, 7) is 6.28. The third kappa shape index (κ3) is 6.74. The summed E-state index contributed by atoms with van der Waals surface area (Å²) in [7, 11) is 1.73. The van der Waals surface area contributed by atoms with E-state index in [1.807, 2.05) is 4.90 Å². The van der Waals surface area contributed by atoms with Crippen LogP contribution in [0.1, 0.15) is 31.7 Å². The number of hydrogen-bond donors (Lipinski definition) is 2. The van der Waals surface area contributed by atoms with Crippen LogP contribution in [0, 0.1) is 0 Å². The average molecular weight is 561 g/mol. The number of halogens is 5. The molecule has 1 saturated carbocycles. The van der Waals surface area contributed by atoms with Gasteiger partial charge in [-0.2, -0.15) is 13.2 Å². The number of alkyl halides is 3. The average Bonchev–Trinajstić information content (AvgIpc) is 3.42. The zero-order chi connectivity index (χ0) is 21.0. The van der Waals surface area contributed by atoms with E-state index in [-0.39, 0.29) is 35.0 Å². The van der Waals surface area contributed by atoms with Crippen LogP contribution >= 0.6 is 35.6 Å². The van der Waals surface area contributed by atoms with Gasteiger partial charge in [0.1, 0.15) is 5.82 Å². The molecule has 170 valence electrons. The summed E-state index contributed by atoms with van der Waals surface area (Å²) in [6.07, 6.45) is -0.210. The summed E-state index contributed by atoms with van der Waals surface area (Å²) >= 11 is 6.07. The van der Waals surface area contributed by atoms with Crippen LogP contribution in [0.3, 0.4) is 0 Å². The molecular formula is C19H29ClF3IN6. The van der Waals surface area contributed by atoms with Crippen LogP contribution in [0.15, 0.2) is 17.3 Å². The van der Waals surface area contributed by atoms with E-state index in [4.69, 9.17) is 11.6 Å². The van der Waals surface area contributed by atoms with Crippen LogP contribution in [-0.2, 0) is 6.18 Å². The highest BCUT2D eigenvalue weighted by Gasteiger charge is 2.33. The molecule has 0 radical (unpaired) electrons. The van der Waals surface area contributed by atoms with Gasteiger partial charge < -0.3 is 15.5 Å². The van der Waals surface area contributed by atoms with Gasteiger partial charge in [-0.3, -0.25) is 9.89 Å². The molecule has 30 heavy (non-hydrogen) atoms. The number of anilines is 1.